The minimum absolute atomic E-state index is 0.0670. The standard InChI is InChI=1S/C9H19NO3/c1-9(11,8(12-2)13-3)7-5-4-6-10-7/h7-8,10-11H,4-6H2,1-3H3. The molecule has 1 aliphatic heterocycles. The van der Waals surface area contributed by atoms with E-state index in [1.807, 2.05) is 0 Å². The zero-order valence-electron chi connectivity index (χ0n) is 8.54. The van der Waals surface area contributed by atoms with Gasteiger partial charge in [0.1, 0.15) is 5.60 Å². The number of hydrogen-bond donors (Lipinski definition) is 2. The van der Waals surface area contributed by atoms with Crippen LogP contribution in [0.2, 0.25) is 0 Å². The Bertz CT molecular complexity index is 147. The molecule has 1 saturated heterocycles. The van der Waals surface area contributed by atoms with Crippen LogP contribution in [0.25, 0.3) is 0 Å². The molecule has 78 valence electrons. The van der Waals surface area contributed by atoms with Gasteiger partial charge in [0.25, 0.3) is 0 Å². The number of nitrogens with one attached hydrogen (secondary N) is 1. The molecule has 0 radical (unpaired) electrons. The number of ether oxygens (including phenoxy) is 2. The Kier molecular flexibility index (Phi) is 3.67. The Balaban J connectivity index is 2.60. The zero-order valence-corrected chi connectivity index (χ0v) is 8.54. The summed E-state index contributed by atoms with van der Waals surface area (Å²) in [6, 6.07) is 0.0670. The molecule has 0 spiro atoms. The van der Waals surface area contributed by atoms with E-state index >= 15 is 0 Å². The van der Waals surface area contributed by atoms with Crippen LogP contribution >= 0.6 is 0 Å². The Morgan fingerprint density at radius 3 is 2.46 bits per heavy atom. The van der Waals surface area contributed by atoms with Crippen molar-refractivity contribution < 1.29 is 14.6 Å². The van der Waals surface area contributed by atoms with Crippen LogP contribution in [0.15, 0.2) is 0 Å². The second-order valence-corrected chi connectivity index (χ2v) is 3.68. The molecule has 0 aromatic heterocycles. The Morgan fingerprint density at radius 1 is 1.46 bits per heavy atom. The summed E-state index contributed by atoms with van der Waals surface area (Å²) in [7, 11) is 3.08. The lowest BCUT2D eigenvalue weighted by molar-refractivity contribution is -0.217. The molecule has 2 N–H and O–H groups in total. The molecule has 4 heteroatoms. The lowest BCUT2D eigenvalue weighted by Crippen LogP contribution is -2.55. The average Bonchev–Trinajstić information content (AvgIpc) is 2.58. The molecule has 0 aromatic rings. The Labute approximate surface area is 79.2 Å². The van der Waals surface area contributed by atoms with E-state index in [1.54, 1.807) is 6.92 Å². The van der Waals surface area contributed by atoms with Crippen molar-refractivity contribution in [2.45, 2.75) is 37.7 Å². The predicted octanol–water partition coefficient (Wildman–Crippen LogP) is 0.108. The molecule has 13 heavy (non-hydrogen) atoms. The first-order valence-electron chi connectivity index (χ1n) is 4.64. The molecular weight excluding hydrogens is 170 g/mol. The van der Waals surface area contributed by atoms with E-state index in [4.69, 9.17) is 9.47 Å². The van der Waals surface area contributed by atoms with Gasteiger partial charge in [-0.1, -0.05) is 0 Å². The minimum atomic E-state index is -0.958. The third kappa shape index (κ3) is 2.20. The van der Waals surface area contributed by atoms with Gasteiger partial charge >= 0.3 is 0 Å². The SMILES string of the molecule is COC(OC)C(C)(O)C1CCCN1. The van der Waals surface area contributed by atoms with E-state index in [0.29, 0.717) is 0 Å². The minimum Gasteiger partial charge on any atom is -0.383 e. The van der Waals surface area contributed by atoms with Crippen molar-refractivity contribution in [1.82, 2.24) is 5.32 Å². The van der Waals surface area contributed by atoms with Crippen LogP contribution in [0.3, 0.4) is 0 Å². The van der Waals surface area contributed by atoms with Gasteiger partial charge in [0.2, 0.25) is 0 Å². The van der Waals surface area contributed by atoms with Crippen molar-refractivity contribution >= 4 is 0 Å². The lowest BCUT2D eigenvalue weighted by Gasteiger charge is -2.35. The summed E-state index contributed by atoms with van der Waals surface area (Å²) >= 11 is 0. The average molecular weight is 189 g/mol. The summed E-state index contributed by atoms with van der Waals surface area (Å²) in [6.07, 6.45) is 1.50. The monoisotopic (exact) mass is 189 g/mol. The summed E-state index contributed by atoms with van der Waals surface area (Å²) < 4.78 is 10.1. The molecule has 0 aliphatic carbocycles. The second kappa shape index (κ2) is 4.37. The van der Waals surface area contributed by atoms with Gasteiger partial charge in [-0.3, -0.25) is 0 Å². The molecule has 2 unspecified atom stereocenters. The molecule has 0 bridgehead atoms. The topological polar surface area (TPSA) is 50.7 Å². The molecule has 2 atom stereocenters. The third-order valence-corrected chi connectivity index (χ3v) is 2.67. The van der Waals surface area contributed by atoms with E-state index in [0.717, 1.165) is 19.4 Å². The summed E-state index contributed by atoms with van der Waals surface area (Å²) in [6.45, 7) is 2.70. The number of methoxy groups -OCH3 is 2. The Morgan fingerprint density at radius 2 is 2.08 bits per heavy atom. The summed E-state index contributed by atoms with van der Waals surface area (Å²) in [4.78, 5) is 0. The normalized spacial score (nSPS) is 27.9. The van der Waals surface area contributed by atoms with Crippen molar-refractivity contribution in [3.8, 4) is 0 Å². The fourth-order valence-electron chi connectivity index (χ4n) is 1.92. The van der Waals surface area contributed by atoms with Gasteiger partial charge in [-0.05, 0) is 26.3 Å². The molecule has 0 amide bonds. The summed E-state index contributed by atoms with van der Waals surface area (Å²) in [5.74, 6) is 0. The van der Waals surface area contributed by atoms with Crippen molar-refractivity contribution in [3.63, 3.8) is 0 Å². The molecule has 1 heterocycles. The number of aliphatic hydroxyl groups is 1. The maximum atomic E-state index is 10.2. The highest BCUT2D eigenvalue weighted by molar-refractivity contribution is 4.93. The van der Waals surface area contributed by atoms with E-state index in [2.05, 4.69) is 5.32 Å². The zero-order chi connectivity index (χ0) is 9.90. The van der Waals surface area contributed by atoms with E-state index in [-0.39, 0.29) is 6.04 Å². The molecule has 0 aromatic carbocycles. The van der Waals surface area contributed by atoms with Crippen molar-refractivity contribution in [2.75, 3.05) is 20.8 Å². The maximum absolute atomic E-state index is 10.2. The largest absolute Gasteiger partial charge is 0.383 e. The molecule has 4 nitrogen and oxygen atoms in total. The van der Waals surface area contributed by atoms with Crippen LogP contribution in [0.1, 0.15) is 19.8 Å². The second-order valence-electron chi connectivity index (χ2n) is 3.68. The van der Waals surface area contributed by atoms with E-state index in [1.165, 1.54) is 14.2 Å². The molecule has 1 fully saturated rings. The van der Waals surface area contributed by atoms with Crippen molar-refractivity contribution in [2.24, 2.45) is 0 Å². The van der Waals surface area contributed by atoms with Gasteiger partial charge in [0.05, 0.1) is 0 Å². The van der Waals surface area contributed by atoms with Crippen LogP contribution in [0.4, 0.5) is 0 Å². The van der Waals surface area contributed by atoms with E-state index in [9.17, 15) is 5.11 Å². The van der Waals surface area contributed by atoms with Crippen LogP contribution in [0, 0.1) is 0 Å². The molecular formula is C9H19NO3. The molecule has 0 saturated carbocycles. The third-order valence-electron chi connectivity index (χ3n) is 2.67. The highest BCUT2D eigenvalue weighted by atomic mass is 16.7. The fraction of sp³-hybridized carbons (Fsp3) is 1.00. The van der Waals surface area contributed by atoms with Crippen LogP contribution in [-0.4, -0.2) is 43.8 Å². The highest BCUT2D eigenvalue weighted by Gasteiger charge is 2.41. The Hall–Kier alpha value is -0.160. The van der Waals surface area contributed by atoms with Crippen LogP contribution < -0.4 is 5.32 Å². The molecule has 1 aliphatic rings. The van der Waals surface area contributed by atoms with Gasteiger partial charge in [-0.15, -0.1) is 0 Å². The van der Waals surface area contributed by atoms with Crippen molar-refractivity contribution in [3.05, 3.63) is 0 Å². The first kappa shape index (κ1) is 10.9. The first-order chi connectivity index (χ1) is 6.12. The van der Waals surface area contributed by atoms with Gasteiger partial charge in [0, 0.05) is 20.3 Å². The van der Waals surface area contributed by atoms with Gasteiger partial charge in [-0.25, -0.2) is 0 Å². The smallest absolute Gasteiger partial charge is 0.186 e. The number of hydrogen-bond acceptors (Lipinski definition) is 4. The quantitative estimate of drug-likeness (QED) is 0.616. The lowest BCUT2D eigenvalue weighted by atomic mass is 9.94. The number of rotatable bonds is 4. The molecule has 1 rings (SSSR count). The van der Waals surface area contributed by atoms with Gasteiger partial charge in [-0.2, -0.15) is 0 Å². The van der Waals surface area contributed by atoms with Gasteiger partial charge in [0.15, 0.2) is 6.29 Å². The summed E-state index contributed by atoms with van der Waals surface area (Å²) in [5, 5.41) is 13.4. The van der Waals surface area contributed by atoms with Gasteiger partial charge < -0.3 is 19.9 Å². The van der Waals surface area contributed by atoms with Crippen LogP contribution in [-0.2, 0) is 9.47 Å². The highest BCUT2D eigenvalue weighted by Crippen LogP contribution is 2.24. The summed E-state index contributed by atoms with van der Waals surface area (Å²) in [5.41, 5.74) is -0.958. The predicted molar refractivity (Wildman–Crippen MR) is 49.5 cm³/mol. The van der Waals surface area contributed by atoms with E-state index < -0.39 is 11.9 Å². The van der Waals surface area contributed by atoms with Crippen LogP contribution in [0.5, 0.6) is 0 Å². The first-order valence-corrected chi connectivity index (χ1v) is 4.64. The van der Waals surface area contributed by atoms with Crippen molar-refractivity contribution in [1.29, 1.82) is 0 Å². The fourth-order valence-corrected chi connectivity index (χ4v) is 1.92. The maximum Gasteiger partial charge on any atom is 0.186 e.